The molecule has 0 aliphatic carbocycles. The van der Waals surface area contributed by atoms with Crippen molar-refractivity contribution < 1.29 is 31.2 Å². The number of carbonyl (C=O) groups is 2. The topological polar surface area (TPSA) is 83.6 Å². The van der Waals surface area contributed by atoms with Gasteiger partial charge in [0.15, 0.2) is 9.84 Å². The highest BCUT2D eigenvalue weighted by Crippen LogP contribution is 2.29. The maximum atomic E-state index is 12.5. The van der Waals surface area contributed by atoms with E-state index in [9.17, 15) is 31.2 Å². The quantitative estimate of drug-likeness (QED) is 0.857. The van der Waals surface area contributed by atoms with Gasteiger partial charge >= 0.3 is 6.18 Å². The SMILES string of the molecule is O=C1CN(C(=O)CS(=O)(=O)c2ccc(C(F)(F)F)cc2)CCN1. The number of benzene rings is 1. The van der Waals surface area contributed by atoms with E-state index in [1.54, 1.807) is 0 Å². The first kappa shape index (κ1) is 17.3. The highest BCUT2D eigenvalue weighted by molar-refractivity contribution is 7.92. The van der Waals surface area contributed by atoms with Crippen LogP contribution in [-0.4, -0.2) is 50.5 Å². The zero-order valence-electron chi connectivity index (χ0n) is 11.8. The Labute approximate surface area is 130 Å². The van der Waals surface area contributed by atoms with Crippen LogP contribution in [-0.2, 0) is 25.6 Å². The molecule has 1 aliphatic heterocycles. The lowest BCUT2D eigenvalue weighted by Gasteiger charge is -2.26. The Morgan fingerprint density at radius 1 is 1.22 bits per heavy atom. The molecule has 1 heterocycles. The van der Waals surface area contributed by atoms with Crippen LogP contribution in [0.25, 0.3) is 0 Å². The first-order valence-electron chi connectivity index (χ1n) is 6.54. The number of alkyl halides is 3. The average molecular weight is 350 g/mol. The van der Waals surface area contributed by atoms with Crippen molar-refractivity contribution >= 4 is 21.7 Å². The van der Waals surface area contributed by atoms with Crippen LogP contribution in [0.2, 0.25) is 0 Å². The summed E-state index contributed by atoms with van der Waals surface area (Å²) in [7, 11) is -4.08. The molecule has 1 aromatic rings. The van der Waals surface area contributed by atoms with Crippen molar-refractivity contribution in [2.45, 2.75) is 11.1 Å². The molecular formula is C13H13F3N2O4S. The zero-order chi connectivity index (χ0) is 17.3. The van der Waals surface area contributed by atoms with Gasteiger partial charge in [-0.25, -0.2) is 8.42 Å². The molecule has 0 bridgehead atoms. The van der Waals surface area contributed by atoms with Gasteiger partial charge in [-0.1, -0.05) is 0 Å². The first-order chi connectivity index (χ1) is 10.6. The molecule has 23 heavy (non-hydrogen) atoms. The van der Waals surface area contributed by atoms with Gasteiger partial charge in [0.2, 0.25) is 11.8 Å². The van der Waals surface area contributed by atoms with Gasteiger partial charge in [0.1, 0.15) is 5.75 Å². The Kier molecular flexibility index (Phi) is 4.64. The molecule has 10 heteroatoms. The fourth-order valence-corrected chi connectivity index (χ4v) is 3.26. The summed E-state index contributed by atoms with van der Waals surface area (Å²) in [6.07, 6.45) is -4.57. The van der Waals surface area contributed by atoms with Crippen molar-refractivity contribution in [1.29, 1.82) is 0 Å². The number of nitrogens with one attached hydrogen (secondary N) is 1. The molecule has 0 spiro atoms. The second kappa shape index (κ2) is 6.19. The second-order valence-electron chi connectivity index (χ2n) is 4.95. The number of carbonyl (C=O) groups excluding carboxylic acids is 2. The smallest absolute Gasteiger partial charge is 0.353 e. The van der Waals surface area contributed by atoms with E-state index < -0.39 is 39.1 Å². The summed E-state index contributed by atoms with van der Waals surface area (Å²) < 4.78 is 61.6. The highest BCUT2D eigenvalue weighted by Gasteiger charge is 2.31. The number of halogens is 3. The molecule has 2 amide bonds. The fraction of sp³-hybridized carbons (Fsp3) is 0.385. The van der Waals surface area contributed by atoms with Crippen LogP contribution in [0.5, 0.6) is 0 Å². The molecule has 2 rings (SSSR count). The lowest BCUT2D eigenvalue weighted by Crippen LogP contribution is -2.51. The van der Waals surface area contributed by atoms with E-state index in [1.165, 1.54) is 0 Å². The number of amides is 2. The Morgan fingerprint density at radius 3 is 2.35 bits per heavy atom. The lowest BCUT2D eigenvalue weighted by molar-refractivity contribution is -0.137. The van der Waals surface area contributed by atoms with Gasteiger partial charge in [-0.2, -0.15) is 13.2 Å². The summed E-state index contributed by atoms with van der Waals surface area (Å²) >= 11 is 0. The van der Waals surface area contributed by atoms with Crippen LogP contribution >= 0.6 is 0 Å². The van der Waals surface area contributed by atoms with E-state index in [2.05, 4.69) is 5.32 Å². The van der Waals surface area contributed by atoms with Crippen LogP contribution < -0.4 is 5.32 Å². The van der Waals surface area contributed by atoms with Crippen LogP contribution in [0.3, 0.4) is 0 Å². The van der Waals surface area contributed by atoms with Crippen molar-refractivity contribution in [2.24, 2.45) is 0 Å². The van der Waals surface area contributed by atoms with Crippen LogP contribution in [0.4, 0.5) is 13.2 Å². The lowest BCUT2D eigenvalue weighted by atomic mass is 10.2. The van der Waals surface area contributed by atoms with Gasteiger partial charge in [0, 0.05) is 13.1 Å². The van der Waals surface area contributed by atoms with Crippen LogP contribution in [0, 0.1) is 0 Å². The van der Waals surface area contributed by atoms with Crippen molar-refractivity contribution in [3.8, 4) is 0 Å². The maximum Gasteiger partial charge on any atom is 0.416 e. The van der Waals surface area contributed by atoms with E-state index in [0.717, 1.165) is 17.0 Å². The number of hydrogen-bond acceptors (Lipinski definition) is 4. The minimum Gasteiger partial charge on any atom is -0.353 e. The molecule has 1 aliphatic rings. The minimum absolute atomic E-state index is 0.188. The summed E-state index contributed by atoms with van der Waals surface area (Å²) in [6.45, 7) is 0.180. The number of rotatable bonds is 3. The molecule has 0 atom stereocenters. The highest BCUT2D eigenvalue weighted by atomic mass is 32.2. The number of sulfone groups is 1. The van der Waals surface area contributed by atoms with Crippen molar-refractivity contribution in [3.05, 3.63) is 29.8 Å². The summed E-state index contributed by atoms with van der Waals surface area (Å²) in [5.41, 5.74) is -0.976. The van der Waals surface area contributed by atoms with E-state index in [0.29, 0.717) is 12.1 Å². The van der Waals surface area contributed by atoms with Crippen molar-refractivity contribution in [1.82, 2.24) is 10.2 Å². The summed E-state index contributed by atoms with van der Waals surface area (Å²) in [4.78, 5) is 23.9. The third-order valence-electron chi connectivity index (χ3n) is 3.25. The zero-order valence-corrected chi connectivity index (χ0v) is 12.6. The van der Waals surface area contributed by atoms with Gasteiger partial charge in [-0.3, -0.25) is 9.59 Å². The molecule has 1 saturated heterocycles. The largest absolute Gasteiger partial charge is 0.416 e. The summed E-state index contributed by atoms with van der Waals surface area (Å²) in [6, 6.07) is 2.92. The van der Waals surface area contributed by atoms with E-state index in [-0.39, 0.29) is 24.5 Å². The second-order valence-corrected chi connectivity index (χ2v) is 6.94. The molecule has 0 saturated carbocycles. The van der Waals surface area contributed by atoms with Crippen molar-refractivity contribution in [3.63, 3.8) is 0 Å². The van der Waals surface area contributed by atoms with Gasteiger partial charge in [0.25, 0.3) is 0 Å². The molecule has 0 aromatic heterocycles. The monoisotopic (exact) mass is 350 g/mol. The van der Waals surface area contributed by atoms with E-state index in [4.69, 9.17) is 0 Å². The Bertz CT molecular complexity index is 714. The third-order valence-corrected chi connectivity index (χ3v) is 4.86. The van der Waals surface area contributed by atoms with Crippen LogP contribution in [0.1, 0.15) is 5.56 Å². The molecule has 0 unspecified atom stereocenters. The maximum absolute atomic E-state index is 12.5. The van der Waals surface area contributed by atoms with E-state index in [1.807, 2.05) is 0 Å². The molecule has 1 N–H and O–H groups in total. The standard InChI is InChI=1S/C13H13F3N2O4S/c14-13(15,16)9-1-3-10(4-2-9)23(21,22)8-12(20)18-6-5-17-11(19)7-18/h1-4H,5-8H2,(H,17,19). The van der Waals surface area contributed by atoms with E-state index >= 15 is 0 Å². The Morgan fingerprint density at radius 2 is 1.83 bits per heavy atom. The minimum atomic E-state index is -4.57. The molecule has 1 aromatic carbocycles. The third kappa shape index (κ3) is 4.21. The Balaban J connectivity index is 2.12. The summed E-state index contributed by atoms with van der Waals surface area (Å²) in [5.74, 6) is -2.05. The number of piperazine rings is 1. The predicted molar refractivity (Wildman–Crippen MR) is 73.1 cm³/mol. The first-order valence-corrected chi connectivity index (χ1v) is 8.19. The fourth-order valence-electron chi connectivity index (χ4n) is 2.04. The van der Waals surface area contributed by atoms with Crippen LogP contribution in [0.15, 0.2) is 29.2 Å². The van der Waals surface area contributed by atoms with Gasteiger partial charge < -0.3 is 10.2 Å². The normalized spacial score (nSPS) is 16.1. The molecule has 1 fully saturated rings. The number of nitrogens with zero attached hydrogens (tertiary/aromatic N) is 1. The molecule has 126 valence electrons. The van der Waals surface area contributed by atoms with Gasteiger partial charge in [-0.15, -0.1) is 0 Å². The molecular weight excluding hydrogens is 337 g/mol. The summed E-state index contributed by atoms with van der Waals surface area (Å²) in [5, 5.41) is 2.49. The predicted octanol–water partition coefficient (Wildman–Crippen LogP) is 0.438. The van der Waals surface area contributed by atoms with Gasteiger partial charge in [0.05, 0.1) is 17.0 Å². The molecule has 6 nitrogen and oxygen atoms in total. The molecule has 0 radical (unpaired) electrons. The average Bonchev–Trinajstić information content (AvgIpc) is 2.46. The van der Waals surface area contributed by atoms with Crippen molar-refractivity contribution in [2.75, 3.05) is 25.4 Å². The number of hydrogen-bond donors (Lipinski definition) is 1. The Hall–Kier alpha value is -2.10. The van der Waals surface area contributed by atoms with Gasteiger partial charge in [-0.05, 0) is 24.3 Å².